The van der Waals surface area contributed by atoms with Gasteiger partial charge in [-0.1, -0.05) is 40.5 Å². The van der Waals surface area contributed by atoms with Crippen LogP contribution in [0.3, 0.4) is 0 Å². The highest BCUT2D eigenvalue weighted by molar-refractivity contribution is 5.16. The third kappa shape index (κ3) is 2.54. The van der Waals surface area contributed by atoms with Crippen LogP contribution in [0.25, 0.3) is 0 Å². The lowest BCUT2D eigenvalue weighted by atomic mass is 9.44. The molecule has 2 saturated heterocycles. The average molecular weight is 400 g/mol. The summed E-state index contributed by atoms with van der Waals surface area (Å²) in [5.74, 6) is 6.23. The van der Waals surface area contributed by atoms with Gasteiger partial charge in [0.1, 0.15) is 5.72 Å². The first-order valence-corrected chi connectivity index (χ1v) is 13.3. The predicted molar refractivity (Wildman–Crippen MR) is 118 cm³/mol. The molecule has 11 atom stereocenters. The number of nitrogens with one attached hydrogen (secondary N) is 1. The van der Waals surface area contributed by atoms with Gasteiger partial charge < -0.3 is 4.74 Å². The summed E-state index contributed by atoms with van der Waals surface area (Å²) < 4.78 is 7.03. The molecule has 0 amide bonds. The molecule has 29 heavy (non-hydrogen) atoms. The fourth-order valence-corrected chi connectivity index (χ4v) is 10.5. The Bertz CT molecular complexity index is 653. The van der Waals surface area contributed by atoms with Gasteiger partial charge in [-0.25, -0.2) is 0 Å². The van der Waals surface area contributed by atoms with Crippen molar-refractivity contribution in [2.24, 2.45) is 52.3 Å². The van der Waals surface area contributed by atoms with Gasteiger partial charge in [-0.05, 0) is 104 Å². The van der Waals surface area contributed by atoms with E-state index in [0.717, 1.165) is 42.1 Å². The summed E-state index contributed by atoms with van der Waals surface area (Å²) in [6.07, 6.45) is 16.5. The molecule has 2 heteroatoms. The van der Waals surface area contributed by atoms with E-state index in [1.165, 1.54) is 70.6 Å². The van der Waals surface area contributed by atoms with Crippen LogP contribution in [0.2, 0.25) is 0 Å². The molecule has 0 aromatic rings. The third-order valence-corrected chi connectivity index (χ3v) is 12.1. The van der Waals surface area contributed by atoms with E-state index in [2.05, 4.69) is 33.0 Å². The van der Waals surface area contributed by atoms with Crippen molar-refractivity contribution in [3.63, 3.8) is 0 Å². The molecular formula is C27H45NO. The van der Waals surface area contributed by atoms with Crippen LogP contribution in [0.5, 0.6) is 0 Å². The molecule has 6 aliphatic rings. The minimum absolute atomic E-state index is 0.000316. The second-order valence-electron chi connectivity index (χ2n) is 13.1. The summed E-state index contributed by atoms with van der Waals surface area (Å²) in [7, 11) is 0. The normalized spacial score (nSPS) is 61.7. The lowest BCUT2D eigenvalue weighted by Gasteiger charge is -2.61. The molecule has 4 aliphatic carbocycles. The van der Waals surface area contributed by atoms with E-state index in [1.54, 1.807) is 0 Å². The minimum Gasteiger partial charge on any atom is -0.357 e. The minimum atomic E-state index is -0.000316. The summed E-state index contributed by atoms with van der Waals surface area (Å²) in [4.78, 5) is 0. The molecule has 0 aromatic carbocycles. The Balaban J connectivity index is 1.27. The fourth-order valence-electron chi connectivity index (χ4n) is 10.5. The molecule has 0 aromatic heterocycles. The number of hydrogen-bond donors (Lipinski definition) is 1. The van der Waals surface area contributed by atoms with Crippen molar-refractivity contribution in [3.8, 4) is 0 Å². The largest absolute Gasteiger partial charge is 0.357 e. The molecule has 1 spiro atoms. The molecule has 6 rings (SSSR count). The number of piperidine rings is 1. The Morgan fingerprint density at radius 1 is 0.828 bits per heavy atom. The lowest BCUT2D eigenvalue weighted by Crippen LogP contribution is -2.57. The number of fused-ring (bicyclic) bond motifs is 7. The van der Waals surface area contributed by atoms with Gasteiger partial charge in [-0.3, -0.25) is 5.32 Å². The van der Waals surface area contributed by atoms with Crippen molar-refractivity contribution >= 4 is 0 Å². The standard InChI is InChI=1S/C27H45NO/c1-17-10-14-27(28-16-17)18(2)24-23(29-27)15-22-20-9-8-19-7-5-6-12-25(19,3)21(20)11-13-26(22,24)4/h17-24,28H,5-16H2,1-4H3/t17-,18?,19?,20?,21-,22-,23-,24-,25-,26-,27?/m0/s1. The fraction of sp³-hybridized carbons (Fsp3) is 1.00. The Hall–Kier alpha value is -0.0800. The lowest BCUT2D eigenvalue weighted by molar-refractivity contribution is -0.132. The van der Waals surface area contributed by atoms with Crippen molar-refractivity contribution in [1.29, 1.82) is 0 Å². The Morgan fingerprint density at radius 2 is 1.69 bits per heavy atom. The quantitative estimate of drug-likeness (QED) is 0.509. The topological polar surface area (TPSA) is 21.3 Å². The van der Waals surface area contributed by atoms with Gasteiger partial charge in [-0.15, -0.1) is 0 Å². The number of ether oxygens (including phenoxy) is 1. The van der Waals surface area contributed by atoms with Crippen molar-refractivity contribution < 1.29 is 4.74 Å². The SMILES string of the molecule is CC1[C@H]2[C@H](C[C@H]3C4CCC5CCCC[C@]5(C)[C@H]4CC[C@@]32C)OC12CC[C@H](C)CN2. The van der Waals surface area contributed by atoms with Gasteiger partial charge in [0.15, 0.2) is 0 Å². The summed E-state index contributed by atoms with van der Waals surface area (Å²) in [5.41, 5.74) is 1.19. The molecule has 4 unspecified atom stereocenters. The van der Waals surface area contributed by atoms with Crippen molar-refractivity contribution in [3.05, 3.63) is 0 Å². The Morgan fingerprint density at radius 3 is 2.48 bits per heavy atom. The molecule has 0 radical (unpaired) electrons. The molecule has 164 valence electrons. The van der Waals surface area contributed by atoms with E-state index < -0.39 is 0 Å². The zero-order chi connectivity index (χ0) is 20.0. The molecular weight excluding hydrogens is 354 g/mol. The van der Waals surface area contributed by atoms with Gasteiger partial charge in [0.05, 0.1) is 6.10 Å². The molecule has 1 N–H and O–H groups in total. The summed E-state index contributed by atoms with van der Waals surface area (Å²) in [6.45, 7) is 11.5. The molecule has 0 bridgehead atoms. The smallest absolute Gasteiger partial charge is 0.122 e. The first-order valence-electron chi connectivity index (χ1n) is 13.3. The summed E-state index contributed by atoms with van der Waals surface area (Å²) >= 11 is 0. The Kier molecular flexibility index (Phi) is 4.37. The first-order chi connectivity index (χ1) is 13.9. The van der Waals surface area contributed by atoms with E-state index >= 15 is 0 Å². The second kappa shape index (κ2) is 6.47. The van der Waals surface area contributed by atoms with Gasteiger partial charge >= 0.3 is 0 Å². The van der Waals surface area contributed by atoms with E-state index in [4.69, 9.17) is 4.74 Å². The molecule has 2 nitrogen and oxygen atoms in total. The summed E-state index contributed by atoms with van der Waals surface area (Å²) in [5, 5.41) is 3.91. The molecule has 6 fully saturated rings. The maximum Gasteiger partial charge on any atom is 0.122 e. The van der Waals surface area contributed by atoms with Crippen LogP contribution in [0, 0.1) is 52.3 Å². The monoisotopic (exact) mass is 399 g/mol. The van der Waals surface area contributed by atoms with Gasteiger partial charge in [-0.2, -0.15) is 0 Å². The van der Waals surface area contributed by atoms with E-state index in [0.29, 0.717) is 22.9 Å². The Labute approximate surface area is 179 Å². The van der Waals surface area contributed by atoms with Gasteiger partial charge in [0.2, 0.25) is 0 Å². The number of hydrogen-bond acceptors (Lipinski definition) is 2. The van der Waals surface area contributed by atoms with E-state index in [-0.39, 0.29) is 5.72 Å². The highest BCUT2D eigenvalue weighted by Gasteiger charge is 2.68. The van der Waals surface area contributed by atoms with Gasteiger partial charge in [0, 0.05) is 12.5 Å². The van der Waals surface area contributed by atoms with Crippen molar-refractivity contribution in [1.82, 2.24) is 5.32 Å². The zero-order valence-corrected chi connectivity index (χ0v) is 19.5. The van der Waals surface area contributed by atoms with Crippen LogP contribution in [-0.2, 0) is 4.74 Å². The van der Waals surface area contributed by atoms with Crippen LogP contribution < -0.4 is 5.32 Å². The highest BCUT2D eigenvalue weighted by atomic mass is 16.5. The van der Waals surface area contributed by atoms with Crippen LogP contribution in [0.1, 0.15) is 98.3 Å². The average Bonchev–Trinajstić information content (AvgIpc) is 3.15. The van der Waals surface area contributed by atoms with Crippen molar-refractivity contribution in [2.75, 3.05) is 6.54 Å². The highest BCUT2D eigenvalue weighted by Crippen LogP contribution is 2.71. The molecule has 2 aliphatic heterocycles. The zero-order valence-electron chi connectivity index (χ0n) is 19.5. The predicted octanol–water partition coefficient (Wildman–Crippen LogP) is 6.40. The van der Waals surface area contributed by atoms with Crippen LogP contribution in [-0.4, -0.2) is 18.4 Å². The number of rotatable bonds is 0. The molecule has 2 heterocycles. The second-order valence-corrected chi connectivity index (χ2v) is 13.1. The van der Waals surface area contributed by atoms with Crippen LogP contribution in [0.4, 0.5) is 0 Å². The summed E-state index contributed by atoms with van der Waals surface area (Å²) in [6, 6.07) is 0. The van der Waals surface area contributed by atoms with E-state index in [1.807, 2.05) is 0 Å². The van der Waals surface area contributed by atoms with E-state index in [9.17, 15) is 0 Å². The maximum atomic E-state index is 7.03. The van der Waals surface area contributed by atoms with Gasteiger partial charge in [0.25, 0.3) is 0 Å². The van der Waals surface area contributed by atoms with Crippen LogP contribution >= 0.6 is 0 Å². The van der Waals surface area contributed by atoms with Crippen LogP contribution in [0.15, 0.2) is 0 Å². The van der Waals surface area contributed by atoms with Crippen molar-refractivity contribution in [2.45, 2.75) is 110 Å². The third-order valence-electron chi connectivity index (χ3n) is 12.1. The maximum absolute atomic E-state index is 7.03. The molecule has 4 saturated carbocycles. The first kappa shape index (κ1) is 19.6.